The van der Waals surface area contributed by atoms with Crippen molar-refractivity contribution in [3.63, 3.8) is 0 Å². The Labute approximate surface area is 76.8 Å². The summed E-state index contributed by atoms with van der Waals surface area (Å²) >= 11 is 0. The lowest BCUT2D eigenvalue weighted by Gasteiger charge is -2.22. The molecule has 1 rings (SSSR count). The van der Waals surface area contributed by atoms with Crippen molar-refractivity contribution in [2.75, 3.05) is 0 Å². The van der Waals surface area contributed by atoms with Gasteiger partial charge in [0, 0.05) is 5.56 Å². The van der Waals surface area contributed by atoms with Gasteiger partial charge in [0.25, 0.3) is 0 Å². The fraction of sp³-hybridized carbons (Fsp3) is 0.300. The van der Waals surface area contributed by atoms with Crippen LogP contribution in [0.1, 0.15) is 18.9 Å². The highest BCUT2D eigenvalue weighted by Gasteiger charge is 2.23. The SMILES string of the molecule is C[C@](N)(CC#N)c1ccccc1F. The van der Waals surface area contributed by atoms with Crippen LogP contribution in [0.25, 0.3) is 0 Å². The number of halogens is 1. The summed E-state index contributed by atoms with van der Waals surface area (Å²) in [5, 5.41) is 8.50. The van der Waals surface area contributed by atoms with E-state index in [1.807, 2.05) is 6.07 Å². The molecule has 0 spiro atoms. The van der Waals surface area contributed by atoms with Gasteiger partial charge in [-0.2, -0.15) is 5.26 Å². The molecule has 3 heteroatoms. The van der Waals surface area contributed by atoms with E-state index in [1.54, 1.807) is 25.1 Å². The molecule has 13 heavy (non-hydrogen) atoms. The van der Waals surface area contributed by atoms with E-state index < -0.39 is 5.54 Å². The molecule has 68 valence electrons. The van der Waals surface area contributed by atoms with Crippen molar-refractivity contribution in [1.82, 2.24) is 0 Å². The molecule has 0 radical (unpaired) electrons. The topological polar surface area (TPSA) is 49.8 Å². The maximum Gasteiger partial charge on any atom is 0.128 e. The summed E-state index contributed by atoms with van der Waals surface area (Å²) in [6, 6.07) is 8.20. The summed E-state index contributed by atoms with van der Waals surface area (Å²) in [7, 11) is 0. The molecule has 0 aliphatic heterocycles. The summed E-state index contributed by atoms with van der Waals surface area (Å²) in [5.74, 6) is -0.359. The second-order valence-corrected chi connectivity index (χ2v) is 3.23. The highest BCUT2D eigenvalue weighted by atomic mass is 19.1. The summed E-state index contributed by atoms with van der Waals surface area (Å²) < 4.78 is 13.2. The third-order valence-electron chi connectivity index (χ3n) is 1.94. The van der Waals surface area contributed by atoms with Crippen molar-refractivity contribution in [1.29, 1.82) is 5.26 Å². The zero-order valence-corrected chi connectivity index (χ0v) is 7.42. The second kappa shape index (κ2) is 3.55. The zero-order chi connectivity index (χ0) is 9.90. The van der Waals surface area contributed by atoms with Gasteiger partial charge in [0.1, 0.15) is 5.82 Å². The van der Waals surface area contributed by atoms with Gasteiger partial charge < -0.3 is 5.73 Å². The molecular formula is C10H11FN2. The van der Waals surface area contributed by atoms with Crippen molar-refractivity contribution >= 4 is 0 Å². The maximum atomic E-state index is 13.2. The van der Waals surface area contributed by atoms with Crippen molar-refractivity contribution in [2.24, 2.45) is 5.73 Å². The number of hydrogen-bond donors (Lipinski definition) is 1. The van der Waals surface area contributed by atoms with Crippen LogP contribution >= 0.6 is 0 Å². The normalized spacial score (nSPS) is 14.6. The molecule has 0 heterocycles. The summed E-state index contributed by atoms with van der Waals surface area (Å²) in [5.41, 5.74) is 5.27. The van der Waals surface area contributed by atoms with Gasteiger partial charge in [0.05, 0.1) is 18.0 Å². The molecule has 0 aliphatic carbocycles. The minimum absolute atomic E-state index is 0.105. The minimum atomic E-state index is -0.903. The maximum absolute atomic E-state index is 13.2. The van der Waals surface area contributed by atoms with E-state index in [1.165, 1.54) is 6.07 Å². The molecule has 0 fully saturated rings. The van der Waals surface area contributed by atoms with Crippen molar-refractivity contribution in [3.05, 3.63) is 35.6 Å². The van der Waals surface area contributed by atoms with Gasteiger partial charge in [0.2, 0.25) is 0 Å². The molecule has 0 amide bonds. The molecule has 0 saturated heterocycles. The van der Waals surface area contributed by atoms with Crippen LogP contribution in [0.2, 0.25) is 0 Å². The van der Waals surface area contributed by atoms with Gasteiger partial charge in [-0.15, -0.1) is 0 Å². The molecule has 0 unspecified atom stereocenters. The van der Waals surface area contributed by atoms with E-state index >= 15 is 0 Å². The third kappa shape index (κ3) is 2.04. The van der Waals surface area contributed by atoms with Gasteiger partial charge >= 0.3 is 0 Å². The molecule has 0 aliphatic rings. The second-order valence-electron chi connectivity index (χ2n) is 3.23. The summed E-state index contributed by atoms with van der Waals surface area (Å²) in [6.07, 6.45) is 0.105. The Morgan fingerprint density at radius 2 is 2.15 bits per heavy atom. The van der Waals surface area contributed by atoms with Gasteiger partial charge in [0.15, 0.2) is 0 Å². The Bertz CT molecular complexity index is 339. The molecule has 0 saturated carbocycles. The van der Waals surface area contributed by atoms with Gasteiger partial charge in [-0.1, -0.05) is 18.2 Å². The lowest BCUT2D eigenvalue weighted by Crippen LogP contribution is -2.33. The van der Waals surface area contributed by atoms with Crippen LogP contribution in [0, 0.1) is 17.1 Å². The molecule has 1 aromatic rings. The average molecular weight is 178 g/mol. The fourth-order valence-corrected chi connectivity index (χ4v) is 1.18. The molecule has 2 N–H and O–H groups in total. The van der Waals surface area contributed by atoms with Crippen LogP contribution < -0.4 is 5.73 Å². The molecular weight excluding hydrogens is 167 g/mol. The lowest BCUT2D eigenvalue weighted by atomic mass is 9.90. The Hall–Kier alpha value is -1.40. The standard InChI is InChI=1S/C10H11FN2/c1-10(13,6-7-12)8-4-2-3-5-9(8)11/h2-5H,6,13H2,1H3/t10-/m0/s1. The van der Waals surface area contributed by atoms with E-state index in [9.17, 15) is 4.39 Å². The van der Waals surface area contributed by atoms with Gasteiger partial charge in [-0.05, 0) is 13.0 Å². The third-order valence-corrected chi connectivity index (χ3v) is 1.94. The average Bonchev–Trinajstić information content (AvgIpc) is 2.04. The predicted octanol–water partition coefficient (Wildman–Crippen LogP) is 1.91. The zero-order valence-electron chi connectivity index (χ0n) is 7.42. The smallest absolute Gasteiger partial charge is 0.128 e. The molecule has 1 aromatic carbocycles. The first-order chi connectivity index (χ1) is 6.08. The van der Waals surface area contributed by atoms with Gasteiger partial charge in [-0.25, -0.2) is 4.39 Å². The fourth-order valence-electron chi connectivity index (χ4n) is 1.18. The van der Waals surface area contributed by atoms with E-state index in [0.717, 1.165) is 0 Å². The Balaban J connectivity index is 3.08. The van der Waals surface area contributed by atoms with Crippen LogP contribution in [-0.2, 0) is 5.54 Å². The van der Waals surface area contributed by atoms with Crippen LogP contribution in [0.15, 0.2) is 24.3 Å². The monoisotopic (exact) mass is 178 g/mol. The molecule has 0 aromatic heterocycles. The summed E-state index contributed by atoms with van der Waals surface area (Å²) in [4.78, 5) is 0. The van der Waals surface area contributed by atoms with E-state index in [0.29, 0.717) is 5.56 Å². The minimum Gasteiger partial charge on any atom is -0.321 e. The molecule has 0 bridgehead atoms. The number of nitriles is 1. The predicted molar refractivity (Wildman–Crippen MR) is 48.2 cm³/mol. The Morgan fingerprint density at radius 1 is 1.54 bits per heavy atom. The number of rotatable bonds is 2. The summed E-state index contributed by atoms with van der Waals surface area (Å²) in [6.45, 7) is 1.65. The van der Waals surface area contributed by atoms with Crippen LogP contribution in [-0.4, -0.2) is 0 Å². The van der Waals surface area contributed by atoms with Crippen molar-refractivity contribution in [2.45, 2.75) is 18.9 Å². The highest BCUT2D eigenvalue weighted by Crippen LogP contribution is 2.23. The van der Waals surface area contributed by atoms with Crippen LogP contribution in [0.5, 0.6) is 0 Å². The first kappa shape index (κ1) is 9.69. The van der Waals surface area contributed by atoms with Crippen molar-refractivity contribution in [3.8, 4) is 6.07 Å². The lowest BCUT2D eigenvalue weighted by molar-refractivity contribution is 0.469. The number of benzene rings is 1. The van der Waals surface area contributed by atoms with E-state index in [-0.39, 0.29) is 12.2 Å². The van der Waals surface area contributed by atoms with Crippen molar-refractivity contribution < 1.29 is 4.39 Å². The van der Waals surface area contributed by atoms with E-state index in [2.05, 4.69) is 0 Å². The Morgan fingerprint density at radius 3 is 2.69 bits per heavy atom. The van der Waals surface area contributed by atoms with Crippen LogP contribution in [0.4, 0.5) is 4.39 Å². The molecule has 2 nitrogen and oxygen atoms in total. The Kier molecular flexibility index (Phi) is 2.64. The molecule has 1 atom stereocenters. The van der Waals surface area contributed by atoms with Crippen LogP contribution in [0.3, 0.4) is 0 Å². The quantitative estimate of drug-likeness (QED) is 0.752. The first-order valence-corrected chi connectivity index (χ1v) is 3.99. The largest absolute Gasteiger partial charge is 0.321 e. The van der Waals surface area contributed by atoms with Gasteiger partial charge in [-0.3, -0.25) is 0 Å². The number of hydrogen-bond acceptors (Lipinski definition) is 2. The number of nitrogens with zero attached hydrogens (tertiary/aromatic N) is 1. The van der Waals surface area contributed by atoms with E-state index in [4.69, 9.17) is 11.0 Å². The highest BCUT2D eigenvalue weighted by molar-refractivity contribution is 5.25. The number of nitrogens with two attached hydrogens (primary N) is 1. The first-order valence-electron chi connectivity index (χ1n) is 3.99.